The fraction of sp³-hybridized carbons (Fsp3) is 0.417. The molecule has 0 unspecified atom stereocenters. The molecule has 1 aromatic rings. The highest BCUT2D eigenvalue weighted by atomic mass is 16.4. The first-order valence-corrected chi connectivity index (χ1v) is 5.32. The fourth-order valence-electron chi connectivity index (χ4n) is 2.18. The molecule has 3 heteroatoms. The Balaban J connectivity index is 2.03. The highest BCUT2D eigenvalue weighted by Gasteiger charge is 2.32. The van der Waals surface area contributed by atoms with E-state index in [1.165, 1.54) is 0 Å². The molecule has 0 aliphatic heterocycles. The van der Waals surface area contributed by atoms with Crippen molar-refractivity contribution in [3.63, 3.8) is 0 Å². The first-order valence-electron chi connectivity index (χ1n) is 5.32. The molecule has 15 heavy (non-hydrogen) atoms. The van der Waals surface area contributed by atoms with Gasteiger partial charge >= 0.3 is 5.97 Å². The van der Waals surface area contributed by atoms with Gasteiger partial charge in [-0.25, -0.2) is 0 Å². The maximum atomic E-state index is 11.0. The van der Waals surface area contributed by atoms with E-state index in [4.69, 9.17) is 5.11 Å². The molecule has 0 aromatic heterocycles. The lowest BCUT2D eigenvalue weighted by atomic mass is 10.0. The number of carbonyl (C=O) groups is 1. The van der Waals surface area contributed by atoms with Crippen LogP contribution in [0.3, 0.4) is 0 Å². The molecule has 1 aliphatic rings. The molecule has 1 fully saturated rings. The molecule has 0 heterocycles. The Bertz CT molecular complexity index is 337. The topological polar surface area (TPSA) is 49.3 Å². The predicted molar refractivity (Wildman–Crippen MR) is 58.8 cm³/mol. The van der Waals surface area contributed by atoms with Crippen molar-refractivity contribution in [1.29, 1.82) is 0 Å². The molecule has 0 saturated heterocycles. The van der Waals surface area contributed by atoms with E-state index < -0.39 is 5.97 Å². The normalized spacial score (nSPS) is 25.1. The first kappa shape index (κ1) is 10.0. The Morgan fingerprint density at radius 2 is 2.00 bits per heavy atom. The van der Waals surface area contributed by atoms with Crippen LogP contribution in [0.25, 0.3) is 0 Å². The summed E-state index contributed by atoms with van der Waals surface area (Å²) in [6.07, 6.45) is 2.74. The summed E-state index contributed by atoms with van der Waals surface area (Å²) >= 11 is 0. The van der Waals surface area contributed by atoms with Crippen molar-refractivity contribution in [1.82, 2.24) is 0 Å². The van der Waals surface area contributed by atoms with Crippen LogP contribution < -0.4 is 5.32 Å². The van der Waals surface area contributed by atoms with Gasteiger partial charge in [-0.15, -0.1) is 0 Å². The molecule has 80 valence electrons. The first-order chi connectivity index (χ1) is 7.27. The lowest BCUT2D eigenvalue weighted by Crippen LogP contribution is -2.29. The van der Waals surface area contributed by atoms with Gasteiger partial charge in [-0.1, -0.05) is 24.6 Å². The third-order valence-corrected chi connectivity index (χ3v) is 2.96. The quantitative estimate of drug-likeness (QED) is 0.796. The van der Waals surface area contributed by atoms with Crippen LogP contribution in [0.2, 0.25) is 0 Å². The van der Waals surface area contributed by atoms with Gasteiger partial charge in [-0.3, -0.25) is 4.79 Å². The van der Waals surface area contributed by atoms with Crippen LogP contribution in [0.1, 0.15) is 19.3 Å². The van der Waals surface area contributed by atoms with Gasteiger partial charge in [-0.2, -0.15) is 0 Å². The minimum atomic E-state index is -0.680. The molecule has 2 N–H and O–H groups in total. The van der Waals surface area contributed by atoms with Gasteiger partial charge in [0.25, 0.3) is 0 Å². The summed E-state index contributed by atoms with van der Waals surface area (Å²) in [5, 5.41) is 12.3. The average molecular weight is 205 g/mol. The van der Waals surface area contributed by atoms with Crippen LogP contribution >= 0.6 is 0 Å². The molecule has 0 radical (unpaired) electrons. The molecular formula is C12H15NO2. The molecule has 0 bridgehead atoms. The number of benzene rings is 1. The number of carboxylic acids is 1. The average Bonchev–Trinajstić information content (AvgIpc) is 2.67. The molecule has 1 saturated carbocycles. The molecule has 1 aromatic carbocycles. The van der Waals surface area contributed by atoms with Crippen LogP contribution in [-0.4, -0.2) is 17.1 Å². The summed E-state index contributed by atoms with van der Waals surface area (Å²) in [5.41, 5.74) is 1.01. The number of nitrogens with one attached hydrogen (secondary N) is 1. The van der Waals surface area contributed by atoms with Gasteiger partial charge < -0.3 is 10.4 Å². The van der Waals surface area contributed by atoms with E-state index >= 15 is 0 Å². The summed E-state index contributed by atoms with van der Waals surface area (Å²) in [6.45, 7) is 0. The predicted octanol–water partition coefficient (Wildman–Crippen LogP) is 2.35. The Morgan fingerprint density at radius 3 is 2.67 bits per heavy atom. The van der Waals surface area contributed by atoms with Gasteiger partial charge in [0.1, 0.15) is 0 Å². The standard InChI is InChI=1S/C12H15NO2/c14-12(15)10-7-4-8-11(10)13-9-5-2-1-3-6-9/h1-3,5-6,10-11,13H,4,7-8H2,(H,14,15)/t10-,11+/m0/s1. The summed E-state index contributed by atoms with van der Waals surface area (Å²) in [6, 6.07) is 9.88. The SMILES string of the molecule is O=C(O)[C@H]1CCC[C@H]1Nc1ccccc1. The Morgan fingerprint density at radius 1 is 1.27 bits per heavy atom. The zero-order valence-corrected chi connectivity index (χ0v) is 8.52. The number of aliphatic carboxylic acids is 1. The van der Waals surface area contributed by atoms with Crippen LogP contribution in [0.4, 0.5) is 5.69 Å². The smallest absolute Gasteiger partial charge is 0.308 e. The van der Waals surface area contributed by atoms with E-state index in [1.54, 1.807) is 0 Å². The highest BCUT2D eigenvalue weighted by Crippen LogP contribution is 2.28. The third kappa shape index (κ3) is 2.29. The lowest BCUT2D eigenvalue weighted by molar-refractivity contribution is -0.141. The number of para-hydroxylation sites is 1. The van der Waals surface area contributed by atoms with Crippen LogP contribution in [0, 0.1) is 5.92 Å². The van der Waals surface area contributed by atoms with Crippen LogP contribution in [0.5, 0.6) is 0 Å². The van der Waals surface area contributed by atoms with Crippen molar-refractivity contribution in [2.45, 2.75) is 25.3 Å². The van der Waals surface area contributed by atoms with Crippen molar-refractivity contribution in [3.8, 4) is 0 Å². The van der Waals surface area contributed by atoms with E-state index in [0.717, 1.165) is 24.9 Å². The van der Waals surface area contributed by atoms with E-state index in [0.29, 0.717) is 0 Å². The second-order valence-corrected chi connectivity index (χ2v) is 3.99. The maximum Gasteiger partial charge on any atom is 0.308 e. The minimum absolute atomic E-state index is 0.0879. The fourth-order valence-corrected chi connectivity index (χ4v) is 2.18. The second kappa shape index (κ2) is 4.34. The van der Waals surface area contributed by atoms with Crippen molar-refractivity contribution >= 4 is 11.7 Å². The monoisotopic (exact) mass is 205 g/mol. The summed E-state index contributed by atoms with van der Waals surface area (Å²) in [5.74, 6) is -0.911. The van der Waals surface area contributed by atoms with Gasteiger partial charge in [-0.05, 0) is 25.0 Å². The Hall–Kier alpha value is -1.51. The van der Waals surface area contributed by atoms with Crippen molar-refractivity contribution in [2.75, 3.05) is 5.32 Å². The molecular weight excluding hydrogens is 190 g/mol. The summed E-state index contributed by atoms with van der Waals surface area (Å²) < 4.78 is 0. The zero-order chi connectivity index (χ0) is 10.7. The number of anilines is 1. The minimum Gasteiger partial charge on any atom is -0.481 e. The molecule has 1 aliphatic carbocycles. The summed E-state index contributed by atoms with van der Waals surface area (Å²) in [4.78, 5) is 11.0. The van der Waals surface area contributed by atoms with Crippen molar-refractivity contribution in [3.05, 3.63) is 30.3 Å². The van der Waals surface area contributed by atoms with Crippen LogP contribution in [-0.2, 0) is 4.79 Å². The van der Waals surface area contributed by atoms with Crippen molar-refractivity contribution < 1.29 is 9.90 Å². The molecule has 2 atom stereocenters. The number of hydrogen-bond donors (Lipinski definition) is 2. The van der Waals surface area contributed by atoms with E-state index in [9.17, 15) is 4.79 Å². The van der Waals surface area contributed by atoms with E-state index in [1.807, 2.05) is 30.3 Å². The molecule has 3 nitrogen and oxygen atoms in total. The maximum absolute atomic E-state index is 11.0. The Kier molecular flexibility index (Phi) is 2.90. The Labute approximate surface area is 89.1 Å². The number of hydrogen-bond acceptors (Lipinski definition) is 2. The number of rotatable bonds is 3. The molecule has 2 rings (SSSR count). The zero-order valence-electron chi connectivity index (χ0n) is 8.52. The molecule has 0 amide bonds. The highest BCUT2D eigenvalue weighted by molar-refractivity contribution is 5.72. The third-order valence-electron chi connectivity index (χ3n) is 2.96. The summed E-state index contributed by atoms with van der Waals surface area (Å²) in [7, 11) is 0. The van der Waals surface area contributed by atoms with Gasteiger partial charge in [0, 0.05) is 11.7 Å². The van der Waals surface area contributed by atoms with Crippen LogP contribution in [0.15, 0.2) is 30.3 Å². The van der Waals surface area contributed by atoms with Crippen molar-refractivity contribution in [2.24, 2.45) is 5.92 Å². The molecule has 0 spiro atoms. The largest absolute Gasteiger partial charge is 0.481 e. The van der Waals surface area contributed by atoms with E-state index in [2.05, 4.69) is 5.32 Å². The lowest BCUT2D eigenvalue weighted by Gasteiger charge is -2.18. The second-order valence-electron chi connectivity index (χ2n) is 3.99. The van der Waals surface area contributed by atoms with Gasteiger partial charge in [0.05, 0.1) is 5.92 Å². The van der Waals surface area contributed by atoms with E-state index in [-0.39, 0.29) is 12.0 Å². The van der Waals surface area contributed by atoms with Gasteiger partial charge in [0.15, 0.2) is 0 Å². The number of carboxylic acid groups (broad SMARTS) is 1. The van der Waals surface area contributed by atoms with Gasteiger partial charge in [0.2, 0.25) is 0 Å².